The normalized spacial score (nSPS) is 15.5. The maximum atomic E-state index is 12.4. The quantitative estimate of drug-likeness (QED) is 0.312. The number of nitrogens with one attached hydrogen (secondary N) is 3. The second kappa shape index (κ2) is 12.5. The van der Waals surface area contributed by atoms with Gasteiger partial charge in [-0.25, -0.2) is 4.99 Å². The minimum Gasteiger partial charge on any atom is -0.493 e. The molecule has 0 aromatic heterocycles. The number of aliphatic imine (C=N–C) groups is 1. The summed E-state index contributed by atoms with van der Waals surface area (Å²) in [4.78, 5) is 17.0. The number of anilines is 1. The van der Waals surface area contributed by atoms with E-state index < -0.39 is 0 Å². The van der Waals surface area contributed by atoms with Crippen LogP contribution in [0.5, 0.6) is 5.75 Å². The highest BCUT2D eigenvalue weighted by atomic mass is 16.5. The number of hydrogen-bond acceptors (Lipinski definition) is 4. The summed E-state index contributed by atoms with van der Waals surface area (Å²) in [5, 5.41) is 9.09. The summed E-state index contributed by atoms with van der Waals surface area (Å²) >= 11 is 0. The van der Waals surface area contributed by atoms with Crippen molar-refractivity contribution in [2.75, 3.05) is 38.2 Å². The lowest BCUT2D eigenvalue weighted by Crippen LogP contribution is -2.41. The van der Waals surface area contributed by atoms with E-state index in [1.165, 1.54) is 0 Å². The molecule has 2 aromatic carbocycles. The molecule has 1 saturated heterocycles. The highest BCUT2D eigenvalue weighted by Crippen LogP contribution is 2.23. The van der Waals surface area contributed by atoms with Gasteiger partial charge in [0.25, 0.3) is 0 Å². The van der Waals surface area contributed by atoms with Crippen molar-refractivity contribution < 1.29 is 14.3 Å². The molecule has 0 radical (unpaired) electrons. The molecule has 1 amide bonds. The van der Waals surface area contributed by atoms with Gasteiger partial charge in [-0.15, -0.1) is 6.42 Å². The van der Waals surface area contributed by atoms with Crippen molar-refractivity contribution in [3.05, 3.63) is 59.2 Å². The Balaban J connectivity index is 1.58. The molecule has 0 spiro atoms. The van der Waals surface area contributed by atoms with Crippen LogP contribution in [0.1, 0.15) is 30.0 Å². The number of hydrogen-bond donors (Lipinski definition) is 3. The molecule has 1 aliphatic rings. The van der Waals surface area contributed by atoms with Crippen LogP contribution in [0, 0.1) is 25.2 Å². The molecule has 1 fully saturated rings. The lowest BCUT2D eigenvalue weighted by atomic mass is 10.1. The van der Waals surface area contributed by atoms with Gasteiger partial charge in [-0.05, 0) is 50.1 Å². The topological polar surface area (TPSA) is 84.0 Å². The van der Waals surface area contributed by atoms with Gasteiger partial charge in [0.15, 0.2) is 5.96 Å². The Kier molecular flexibility index (Phi) is 9.16. The summed E-state index contributed by atoms with van der Waals surface area (Å²) in [6.45, 7) is 7.40. The number of terminal acetylenes is 1. The van der Waals surface area contributed by atoms with Gasteiger partial charge in [-0.3, -0.25) is 4.79 Å². The van der Waals surface area contributed by atoms with Crippen LogP contribution < -0.4 is 20.7 Å². The van der Waals surface area contributed by atoms with Gasteiger partial charge in [0, 0.05) is 35.9 Å². The highest BCUT2D eigenvalue weighted by molar-refractivity contribution is 5.95. The van der Waals surface area contributed by atoms with Crippen molar-refractivity contribution in [3.63, 3.8) is 0 Å². The molecule has 0 bridgehead atoms. The van der Waals surface area contributed by atoms with Crippen molar-refractivity contribution in [2.45, 2.75) is 26.8 Å². The fraction of sp³-hybridized carbons (Fsp3) is 0.385. The van der Waals surface area contributed by atoms with Crippen molar-refractivity contribution in [1.82, 2.24) is 10.6 Å². The molecule has 3 rings (SSSR count). The Morgan fingerprint density at radius 1 is 1.27 bits per heavy atom. The maximum Gasteiger partial charge on any atom is 0.243 e. The third-order valence-electron chi connectivity index (χ3n) is 5.20. The molecular formula is C26H32N4O3. The average Bonchev–Trinajstić information content (AvgIpc) is 3.34. The number of carbonyl (C=O) groups is 1. The molecule has 1 atom stereocenters. The maximum absolute atomic E-state index is 12.4. The third-order valence-corrected chi connectivity index (χ3v) is 5.20. The zero-order valence-electron chi connectivity index (χ0n) is 19.3. The van der Waals surface area contributed by atoms with Crippen LogP contribution in [0.4, 0.5) is 5.69 Å². The molecule has 2 aromatic rings. The minimum atomic E-state index is -0.187. The second-order valence-electron chi connectivity index (χ2n) is 7.97. The van der Waals surface area contributed by atoms with E-state index in [0.717, 1.165) is 36.5 Å². The van der Waals surface area contributed by atoms with Crippen LogP contribution in [0.25, 0.3) is 0 Å². The number of ether oxygens (including phenoxy) is 2. The average molecular weight is 449 g/mol. The van der Waals surface area contributed by atoms with Crippen molar-refractivity contribution in [3.8, 4) is 18.1 Å². The highest BCUT2D eigenvalue weighted by Gasteiger charge is 2.17. The number of amides is 1. The molecular weight excluding hydrogens is 416 g/mol. The number of aryl methyl sites for hydroxylation is 1. The van der Waals surface area contributed by atoms with Gasteiger partial charge < -0.3 is 25.4 Å². The van der Waals surface area contributed by atoms with Crippen LogP contribution in [0.2, 0.25) is 0 Å². The minimum absolute atomic E-state index is 0.0745. The van der Waals surface area contributed by atoms with Gasteiger partial charge >= 0.3 is 0 Å². The Bertz CT molecular complexity index is 1010. The Hall–Kier alpha value is -3.50. The van der Waals surface area contributed by atoms with Gasteiger partial charge in [-0.1, -0.05) is 24.1 Å². The number of benzene rings is 2. The van der Waals surface area contributed by atoms with E-state index in [-0.39, 0.29) is 12.5 Å². The molecule has 1 unspecified atom stereocenters. The van der Waals surface area contributed by atoms with Gasteiger partial charge in [0.2, 0.25) is 5.91 Å². The lowest BCUT2D eigenvalue weighted by molar-refractivity contribution is -0.115. The zero-order valence-corrected chi connectivity index (χ0v) is 19.3. The van der Waals surface area contributed by atoms with E-state index >= 15 is 0 Å². The lowest BCUT2D eigenvalue weighted by Gasteiger charge is -2.15. The van der Waals surface area contributed by atoms with E-state index in [0.29, 0.717) is 42.8 Å². The molecule has 7 nitrogen and oxygen atoms in total. The first-order chi connectivity index (χ1) is 16.1. The predicted molar refractivity (Wildman–Crippen MR) is 131 cm³/mol. The van der Waals surface area contributed by atoms with Crippen molar-refractivity contribution in [2.24, 2.45) is 10.9 Å². The molecule has 33 heavy (non-hydrogen) atoms. The van der Waals surface area contributed by atoms with Crippen LogP contribution in [0.3, 0.4) is 0 Å². The summed E-state index contributed by atoms with van der Waals surface area (Å²) in [6, 6.07) is 13.3. The van der Waals surface area contributed by atoms with E-state index in [1.54, 1.807) is 12.1 Å². The molecule has 1 aliphatic heterocycles. The third kappa shape index (κ3) is 7.85. The van der Waals surface area contributed by atoms with Gasteiger partial charge in [0.05, 0.1) is 26.3 Å². The van der Waals surface area contributed by atoms with Gasteiger partial charge in [-0.2, -0.15) is 0 Å². The smallest absolute Gasteiger partial charge is 0.243 e. The van der Waals surface area contributed by atoms with Crippen LogP contribution in [0.15, 0.2) is 47.5 Å². The fourth-order valence-corrected chi connectivity index (χ4v) is 3.41. The fourth-order valence-electron chi connectivity index (χ4n) is 3.41. The first kappa shape index (κ1) is 24.1. The Morgan fingerprint density at radius 2 is 2.15 bits per heavy atom. The zero-order chi connectivity index (χ0) is 23.5. The summed E-state index contributed by atoms with van der Waals surface area (Å²) in [6.07, 6.45) is 6.45. The Morgan fingerprint density at radius 3 is 2.91 bits per heavy atom. The standard InChI is InChI=1S/C26H32N4O3/c1-4-20-7-6-8-23(14-20)30-25(31)16-29-26(27-5-2)28-15-22-10-9-19(3)13-24(22)33-18-21-11-12-32-17-21/h1,6-10,13-14,21H,5,11-12,15-18H2,2-3H3,(H,30,31)(H2,27,28,29). The SMILES string of the molecule is C#Cc1cccc(NC(=O)CNC(=NCc2ccc(C)cc2OCC2CCOC2)NCC)c1. The first-order valence-electron chi connectivity index (χ1n) is 11.3. The van der Waals surface area contributed by atoms with Gasteiger partial charge in [0.1, 0.15) is 5.75 Å². The predicted octanol–water partition coefficient (Wildman–Crippen LogP) is 3.09. The van der Waals surface area contributed by atoms with E-state index in [4.69, 9.17) is 15.9 Å². The van der Waals surface area contributed by atoms with E-state index in [2.05, 4.69) is 32.9 Å². The summed E-state index contributed by atoms with van der Waals surface area (Å²) in [5.41, 5.74) is 3.50. The number of rotatable bonds is 9. The summed E-state index contributed by atoms with van der Waals surface area (Å²) in [5.74, 6) is 4.20. The molecule has 0 saturated carbocycles. The largest absolute Gasteiger partial charge is 0.493 e. The molecule has 0 aliphatic carbocycles. The van der Waals surface area contributed by atoms with Crippen LogP contribution in [-0.4, -0.2) is 44.8 Å². The Labute approximate surface area is 196 Å². The van der Waals surface area contributed by atoms with Crippen LogP contribution >= 0.6 is 0 Å². The van der Waals surface area contributed by atoms with Crippen molar-refractivity contribution >= 4 is 17.6 Å². The van der Waals surface area contributed by atoms with E-state index in [9.17, 15) is 4.79 Å². The number of guanidine groups is 1. The van der Waals surface area contributed by atoms with Crippen LogP contribution in [-0.2, 0) is 16.1 Å². The molecule has 1 heterocycles. The number of carbonyl (C=O) groups excluding carboxylic acids is 1. The summed E-state index contributed by atoms with van der Waals surface area (Å²) in [7, 11) is 0. The molecule has 174 valence electrons. The summed E-state index contributed by atoms with van der Waals surface area (Å²) < 4.78 is 11.6. The van der Waals surface area contributed by atoms with Crippen molar-refractivity contribution in [1.29, 1.82) is 0 Å². The second-order valence-corrected chi connectivity index (χ2v) is 7.97. The monoisotopic (exact) mass is 448 g/mol. The first-order valence-corrected chi connectivity index (χ1v) is 11.3. The number of nitrogens with zero attached hydrogens (tertiary/aromatic N) is 1. The molecule has 3 N–H and O–H groups in total. The van der Waals surface area contributed by atoms with E-state index in [1.807, 2.05) is 38.1 Å². The molecule has 7 heteroatoms.